The zero-order valence-electron chi connectivity index (χ0n) is 13.4. The fraction of sp³-hybridized carbons (Fsp3) is 0.562. The second kappa shape index (κ2) is 7.81. The minimum absolute atomic E-state index is 0. The normalized spacial score (nSPS) is 18.9. The van der Waals surface area contributed by atoms with Crippen molar-refractivity contribution < 1.29 is 14.5 Å². The number of benzene rings is 1. The van der Waals surface area contributed by atoms with Crippen LogP contribution in [0.5, 0.6) is 5.75 Å². The third kappa shape index (κ3) is 4.15. The fourth-order valence-electron chi connectivity index (χ4n) is 3.35. The van der Waals surface area contributed by atoms with Crippen molar-refractivity contribution in [2.24, 2.45) is 5.41 Å². The molecule has 0 saturated carbocycles. The number of carbonyl (C=O) groups is 1. The van der Waals surface area contributed by atoms with Crippen LogP contribution in [-0.2, 0) is 4.79 Å². The van der Waals surface area contributed by atoms with Gasteiger partial charge in [0.05, 0.1) is 4.92 Å². The van der Waals surface area contributed by atoms with E-state index in [1.165, 1.54) is 30.7 Å². The van der Waals surface area contributed by atoms with E-state index in [0.717, 1.165) is 39.0 Å². The lowest BCUT2D eigenvalue weighted by Gasteiger charge is -2.38. The molecule has 1 amide bonds. The van der Waals surface area contributed by atoms with E-state index in [1.54, 1.807) is 0 Å². The van der Waals surface area contributed by atoms with Crippen LogP contribution in [0.4, 0.5) is 5.69 Å². The highest BCUT2D eigenvalue weighted by atomic mass is 35.5. The van der Waals surface area contributed by atoms with Crippen LogP contribution in [0.15, 0.2) is 24.3 Å². The summed E-state index contributed by atoms with van der Waals surface area (Å²) in [7, 11) is 0. The molecule has 1 N–H and O–H groups in total. The molecule has 0 bridgehead atoms. The molecule has 0 atom stereocenters. The summed E-state index contributed by atoms with van der Waals surface area (Å²) in [5.74, 6) is 0.446. The number of likely N-dealkylation sites (tertiary alicyclic amines) is 1. The minimum Gasteiger partial charge on any atom is -0.484 e. The molecule has 2 aliphatic heterocycles. The van der Waals surface area contributed by atoms with Gasteiger partial charge in [-0.1, -0.05) is 0 Å². The van der Waals surface area contributed by atoms with Crippen molar-refractivity contribution in [3.05, 3.63) is 34.4 Å². The smallest absolute Gasteiger partial charge is 0.269 e. The molecule has 0 aliphatic carbocycles. The number of halogens is 1. The first kappa shape index (κ1) is 18.5. The summed E-state index contributed by atoms with van der Waals surface area (Å²) in [5.41, 5.74) is 0.394. The third-order valence-electron chi connectivity index (χ3n) is 4.92. The topological polar surface area (TPSA) is 84.7 Å². The maximum atomic E-state index is 12.2. The van der Waals surface area contributed by atoms with E-state index >= 15 is 0 Å². The van der Waals surface area contributed by atoms with Gasteiger partial charge in [-0.3, -0.25) is 14.9 Å². The van der Waals surface area contributed by atoms with Gasteiger partial charge in [-0.15, -0.1) is 12.4 Å². The maximum Gasteiger partial charge on any atom is 0.269 e. The van der Waals surface area contributed by atoms with Gasteiger partial charge in [-0.2, -0.15) is 0 Å². The van der Waals surface area contributed by atoms with Gasteiger partial charge in [0.15, 0.2) is 6.61 Å². The van der Waals surface area contributed by atoms with E-state index < -0.39 is 4.92 Å². The van der Waals surface area contributed by atoms with Crippen molar-refractivity contribution >= 4 is 24.0 Å². The number of rotatable bonds is 4. The second-order valence-corrected chi connectivity index (χ2v) is 6.35. The monoisotopic (exact) mass is 355 g/mol. The predicted molar refractivity (Wildman–Crippen MR) is 91.6 cm³/mol. The first-order valence-electron chi connectivity index (χ1n) is 7.94. The molecule has 1 aromatic rings. The quantitative estimate of drug-likeness (QED) is 0.659. The van der Waals surface area contributed by atoms with Crippen molar-refractivity contribution in [2.75, 3.05) is 32.8 Å². The van der Waals surface area contributed by atoms with Gasteiger partial charge in [0.2, 0.25) is 0 Å². The number of nitrogens with zero attached hydrogens (tertiary/aromatic N) is 2. The van der Waals surface area contributed by atoms with Crippen molar-refractivity contribution in [3.63, 3.8) is 0 Å². The van der Waals surface area contributed by atoms with Crippen LogP contribution >= 0.6 is 12.4 Å². The number of ether oxygens (including phenoxy) is 1. The van der Waals surface area contributed by atoms with E-state index in [1.807, 2.05) is 4.90 Å². The first-order valence-corrected chi connectivity index (χ1v) is 7.94. The van der Waals surface area contributed by atoms with Crippen LogP contribution in [-0.4, -0.2) is 48.5 Å². The Hall–Kier alpha value is -1.86. The number of nitro benzene ring substituents is 1. The van der Waals surface area contributed by atoms with Gasteiger partial charge in [0, 0.05) is 31.8 Å². The van der Waals surface area contributed by atoms with E-state index in [2.05, 4.69) is 5.32 Å². The lowest BCUT2D eigenvalue weighted by atomic mass is 9.78. The highest BCUT2D eigenvalue weighted by molar-refractivity contribution is 5.85. The van der Waals surface area contributed by atoms with E-state index in [9.17, 15) is 14.9 Å². The second-order valence-electron chi connectivity index (χ2n) is 6.35. The van der Waals surface area contributed by atoms with Crippen LogP contribution in [0.25, 0.3) is 0 Å². The van der Waals surface area contributed by atoms with E-state index in [4.69, 9.17) is 4.74 Å². The molecule has 0 aromatic heterocycles. The molecule has 3 rings (SSSR count). The highest BCUT2D eigenvalue weighted by Gasteiger charge is 2.37. The largest absolute Gasteiger partial charge is 0.484 e. The summed E-state index contributed by atoms with van der Waals surface area (Å²) in [6.07, 6.45) is 3.29. The maximum absolute atomic E-state index is 12.2. The Balaban J connectivity index is 0.00000208. The van der Waals surface area contributed by atoms with Gasteiger partial charge in [-0.05, 0) is 43.4 Å². The van der Waals surface area contributed by atoms with Crippen molar-refractivity contribution in [2.45, 2.75) is 19.3 Å². The molecule has 24 heavy (non-hydrogen) atoms. The summed E-state index contributed by atoms with van der Waals surface area (Å²) in [6.45, 7) is 3.68. The predicted octanol–water partition coefficient (Wildman–Crippen LogP) is 2.00. The first-order chi connectivity index (χ1) is 11.1. The standard InChI is InChI=1S/C16H21N3O4.ClH/c20-15(11-23-14-3-1-13(2-4-14)19(21)22)18-9-6-16(7-10-18)5-8-17-12-16;/h1-4,17H,5-12H2;1H. The van der Waals surface area contributed by atoms with E-state index in [0.29, 0.717) is 11.2 Å². The van der Waals surface area contributed by atoms with Crippen molar-refractivity contribution in [1.82, 2.24) is 10.2 Å². The van der Waals surface area contributed by atoms with Crippen LogP contribution in [0, 0.1) is 15.5 Å². The molecular formula is C16H22ClN3O4. The number of hydrogen-bond donors (Lipinski definition) is 1. The van der Waals surface area contributed by atoms with Crippen LogP contribution < -0.4 is 10.1 Å². The number of carbonyl (C=O) groups excluding carboxylic acids is 1. The molecule has 2 heterocycles. The van der Waals surface area contributed by atoms with Crippen molar-refractivity contribution in [1.29, 1.82) is 0 Å². The van der Waals surface area contributed by atoms with E-state index in [-0.39, 0.29) is 30.6 Å². The van der Waals surface area contributed by atoms with Gasteiger partial charge in [0.1, 0.15) is 5.75 Å². The fourth-order valence-corrected chi connectivity index (χ4v) is 3.35. The molecule has 7 nitrogen and oxygen atoms in total. The summed E-state index contributed by atoms with van der Waals surface area (Å²) in [6, 6.07) is 5.77. The van der Waals surface area contributed by atoms with Crippen LogP contribution in [0.2, 0.25) is 0 Å². The Morgan fingerprint density at radius 1 is 1.25 bits per heavy atom. The average Bonchev–Trinajstić information content (AvgIpc) is 3.02. The van der Waals surface area contributed by atoms with Gasteiger partial charge < -0.3 is 15.0 Å². The Labute approximate surface area is 146 Å². The van der Waals surface area contributed by atoms with Crippen LogP contribution in [0.1, 0.15) is 19.3 Å². The number of nitrogens with one attached hydrogen (secondary N) is 1. The summed E-state index contributed by atoms with van der Waals surface area (Å²) >= 11 is 0. The van der Waals surface area contributed by atoms with Gasteiger partial charge in [0.25, 0.3) is 11.6 Å². The molecule has 0 unspecified atom stereocenters. The zero-order valence-corrected chi connectivity index (χ0v) is 14.2. The number of non-ortho nitro benzene ring substituents is 1. The Morgan fingerprint density at radius 3 is 2.46 bits per heavy atom. The number of nitro groups is 1. The molecule has 132 valence electrons. The molecule has 2 fully saturated rings. The third-order valence-corrected chi connectivity index (χ3v) is 4.92. The molecule has 2 saturated heterocycles. The summed E-state index contributed by atoms with van der Waals surface area (Å²) in [5, 5.41) is 14.0. The molecular weight excluding hydrogens is 334 g/mol. The Bertz CT molecular complexity index is 577. The summed E-state index contributed by atoms with van der Waals surface area (Å²) in [4.78, 5) is 24.2. The molecule has 1 spiro atoms. The molecule has 1 aromatic carbocycles. The highest BCUT2D eigenvalue weighted by Crippen LogP contribution is 2.36. The zero-order chi connectivity index (χ0) is 16.3. The van der Waals surface area contributed by atoms with Gasteiger partial charge in [-0.25, -0.2) is 0 Å². The molecule has 0 radical (unpaired) electrons. The Kier molecular flexibility index (Phi) is 6.01. The average molecular weight is 356 g/mol. The molecule has 8 heteroatoms. The molecule has 2 aliphatic rings. The number of amides is 1. The van der Waals surface area contributed by atoms with Crippen LogP contribution in [0.3, 0.4) is 0 Å². The minimum atomic E-state index is -0.462. The van der Waals surface area contributed by atoms with Gasteiger partial charge >= 0.3 is 0 Å². The Morgan fingerprint density at radius 2 is 1.92 bits per heavy atom. The summed E-state index contributed by atoms with van der Waals surface area (Å²) < 4.78 is 5.45. The van der Waals surface area contributed by atoms with Crippen molar-refractivity contribution in [3.8, 4) is 5.75 Å². The lowest BCUT2D eigenvalue weighted by molar-refractivity contribution is -0.384. The SMILES string of the molecule is Cl.O=C(COc1ccc([N+](=O)[O-])cc1)N1CCC2(CCNC2)CC1. The number of hydrogen-bond acceptors (Lipinski definition) is 5. The lowest BCUT2D eigenvalue weighted by Crippen LogP contribution is -2.45. The number of piperidine rings is 1.